The molecule has 1 atom stereocenters. The Kier molecular flexibility index (Phi) is 6.71. The number of piperidine rings is 1. The molecule has 7 nitrogen and oxygen atoms in total. The van der Waals surface area contributed by atoms with Gasteiger partial charge in [0, 0.05) is 13.1 Å². The molecule has 0 aromatic heterocycles. The molecule has 1 unspecified atom stereocenters. The molecule has 2 aliphatic heterocycles. The summed E-state index contributed by atoms with van der Waals surface area (Å²) in [6.07, 6.45) is 2.75. The topological polar surface area (TPSA) is 79.0 Å². The van der Waals surface area contributed by atoms with E-state index in [1.807, 2.05) is 12.1 Å². The molecular weight excluding hydrogens is 426 g/mol. The van der Waals surface area contributed by atoms with Crippen molar-refractivity contribution < 1.29 is 17.9 Å². The van der Waals surface area contributed by atoms with Crippen LogP contribution >= 0.6 is 0 Å². The van der Waals surface area contributed by atoms with Crippen LogP contribution < -0.4 is 14.4 Å². The third kappa shape index (κ3) is 5.42. The Balaban J connectivity index is 1.33. The molecule has 1 N–H and O–H groups in total. The minimum absolute atomic E-state index is 0.0466. The van der Waals surface area contributed by atoms with E-state index in [9.17, 15) is 13.2 Å². The highest BCUT2D eigenvalue weighted by Crippen LogP contribution is 2.34. The van der Waals surface area contributed by atoms with Crippen LogP contribution in [-0.4, -0.2) is 51.2 Å². The molecule has 2 aromatic rings. The van der Waals surface area contributed by atoms with Crippen molar-refractivity contribution in [2.24, 2.45) is 5.92 Å². The van der Waals surface area contributed by atoms with E-state index >= 15 is 0 Å². The van der Waals surface area contributed by atoms with Crippen LogP contribution in [0, 0.1) is 5.92 Å². The smallest absolute Gasteiger partial charge is 0.263 e. The van der Waals surface area contributed by atoms with Gasteiger partial charge in [-0.05, 0) is 55.1 Å². The van der Waals surface area contributed by atoms with Crippen molar-refractivity contribution in [2.45, 2.75) is 39.0 Å². The number of benzene rings is 2. The monoisotopic (exact) mass is 457 g/mol. The average Bonchev–Trinajstić information content (AvgIpc) is 2.78. The number of ether oxygens (including phenoxy) is 1. The lowest BCUT2D eigenvalue weighted by atomic mass is 9.99. The van der Waals surface area contributed by atoms with Crippen LogP contribution in [0.3, 0.4) is 0 Å². The van der Waals surface area contributed by atoms with Gasteiger partial charge in [0.05, 0.1) is 18.5 Å². The normalized spacial score (nSPS) is 19.8. The summed E-state index contributed by atoms with van der Waals surface area (Å²) < 4.78 is 31.5. The molecule has 0 aliphatic carbocycles. The van der Waals surface area contributed by atoms with Gasteiger partial charge in [0.25, 0.3) is 5.91 Å². The number of hydrogen-bond acceptors (Lipinski definition) is 5. The van der Waals surface area contributed by atoms with Gasteiger partial charge in [-0.1, -0.05) is 43.3 Å². The number of carbonyl (C=O) groups excluding carboxylic acids is 1. The molecule has 2 aliphatic rings. The van der Waals surface area contributed by atoms with Gasteiger partial charge in [0.1, 0.15) is 5.75 Å². The van der Waals surface area contributed by atoms with Gasteiger partial charge in [-0.25, -0.2) is 8.42 Å². The predicted octanol–water partition coefficient (Wildman–Crippen LogP) is 2.76. The number of fused-ring (bicyclic) bond motifs is 1. The van der Waals surface area contributed by atoms with E-state index < -0.39 is 16.1 Å². The fourth-order valence-corrected chi connectivity index (χ4v) is 5.11. The molecule has 2 heterocycles. The van der Waals surface area contributed by atoms with Crippen molar-refractivity contribution in [2.75, 3.05) is 30.2 Å². The lowest BCUT2D eigenvalue weighted by Crippen LogP contribution is -2.50. The van der Waals surface area contributed by atoms with E-state index in [-0.39, 0.29) is 12.5 Å². The highest BCUT2D eigenvalue weighted by molar-refractivity contribution is 7.92. The van der Waals surface area contributed by atoms with E-state index in [0.29, 0.717) is 18.0 Å². The molecule has 0 radical (unpaired) electrons. The molecule has 2 aromatic carbocycles. The van der Waals surface area contributed by atoms with E-state index in [0.717, 1.165) is 37.4 Å². The molecule has 172 valence electrons. The van der Waals surface area contributed by atoms with Gasteiger partial charge in [-0.3, -0.25) is 14.0 Å². The first-order valence-electron chi connectivity index (χ1n) is 11.1. The highest BCUT2D eigenvalue weighted by Gasteiger charge is 2.34. The first kappa shape index (κ1) is 22.6. The number of likely N-dealkylation sites (tertiary alicyclic amines) is 1. The molecular formula is C24H31N3O4S. The molecule has 1 amide bonds. The van der Waals surface area contributed by atoms with Crippen molar-refractivity contribution in [3.8, 4) is 5.75 Å². The van der Waals surface area contributed by atoms with Crippen LogP contribution in [0.5, 0.6) is 5.75 Å². The predicted molar refractivity (Wildman–Crippen MR) is 125 cm³/mol. The quantitative estimate of drug-likeness (QED) is 0.722. The minimum atomic E-state index is -3.52. The summed E-state index contributed by atoms with van der Waals surface area (Å²) in [5, 5.41) is 2.88. The van der Waals surface area contributed by atoms with E-state index in [4.69, 9.17) is 4.74 Å². The number of hydrogen-bond donors (Lipinski definition) is 1. The van der Waals surface area contributed by atoms with Crippen molar-refractivity contribution in [1.29, 1.82) is 0 Å². The van der Waals surface area contributed by atoms with Gasteiger partial charge in [-0.2, -0.15) is 0 Å². The standard InChI is InChI=1S/C24H31N3O4S/c1-18-11-13-26(14-12-18)16-20-9-7-19(8-10-20)15-25-24(28)23-17-27(32(2,29)30)21-5-3-4-6-22(21)31-23/h3-10,18,23H,11-17H2,1-2H3,(H,25,28). The number of sulfonamides is 1. The largest absolute Gasteiger partial charge is 0.476 e. The lowest BCUT2D eigenvalue weighted by Gasteiger charge is -2.33. The molecule has 0 bridgehead atoms. The van der Waals surface area contributed by atoms with Crippen molar-refractivity contribution in [1.82, 2.24) is 10.2 Å². The van der Waals surface area contributed by atoms with E-state index in [1.54, 1.807) is 24.3 Å². The van der Waals surface area contributed by atoms with Gasteiger partial charge in [0.2, 0.25) is 10.0 Å². The molecule has 8 heteroatoms. The summed E-state index contributed by atoms with van der Waals surface area (Å²) in [5.74, 6) is 0.879. The van der Waals surface area contributed by atoms with Crippen molar-refractivity contribution >= 4 is 21.6 Å². The Hall–Kier alpha value is -2.58. The minimum Gasteiger partial charge on any atom is -0.476 e. The van der Waals surface area contributed by atoms with Gasteiger partial charge in [0.15, 0.2) is 6.10 Å². The summed E-state index contributed by atoms with van der Waals surface area (Å²) in [5.41, 5.74) is 2.72. The van der Waals surface area contributed by atoms with Crippen LogP contribution in [0.1, 0.15) is 30.9 Å². The van der Waals surface area contributed by atoms with Crippen LogP contribution in [0.4, 0.5) is 5.69 Å². The zero-order chi connectivity index (χ0) is 22.7. The summed E-state index contributed by atoms with van der Waals surface area (Å²) >= 11 is 0. The maximum absolute atomic E-state index is 12.7. The van der Waals surface area contributed by atoms with Gasteiger partial charge < -0.3 is 10.1 Å². The second-order valence-electron chi connectivity index (χ2n) is 8.86. The Morgan fingerprint density at radius 2 is 1.72 bits per heavy atom. The first-order valence-corrected chi connectivity index (χ1v) is 13.0. The first-order chi connectivity index (χ1) is 15.3. The second-order valence-corrected chi connectivity index (χ2v) is 10.8. The van der Waals surface area contributed by atoms with Gasteiger partial charge >= 0.3 is 0 Å². The number of nitrogens with zero attached hydrogens (tertiary/aromatic N) is 2. The summed E-state index contributed by atoms with van der Waals surface area (Å²) in [4.78, 5) is 15.2. The lowest BCUT2D eigenvalue weighted by molar-refractivity contribution is -0.127. The molecule has 0 saturated carbocycles. The Morgan fingerprint density at radius 3 is 2.41 bits per heavy atom. The number of nitrogens with one attached hydrogen (secondary N) is 1. The number of amides is 1. The maximum atomic E-state index is 12.7. The Bertz CT molecular complexity index is 1050. The van der Waals surface area contributed by atoms with Crippen LogP contribution in [0.25, 0.3) is 0 Å². The van der Waals surface area contributed by atoms with Crippen molar-refractivity contribution in [3.63, 3.8) is 0 Å². The third-order valence-electron chi connectivity index (χ3n) is 6.20. The van der Waals surface area contributed by atoms with Crippen LogP contribution in [0.15, 0.2) is 48.5 Å². The molecule has 1 fully saturated rings. The average molecular weight is 458 g/mol. The Morgan fingerprint density at radius 1 is 1.06 bits per heavy atom. The third-order valence-corrected chi connectivity index (χ3v) is 7.35. The number of anilines is 1. The molecule has 0 spiro atoms. The summed E-state index contributed by atoms with van der Waals surface area (Å²) in [6.45, 7) is 5.88. The highest BCUT2D eigenvalue weighted by atomic mass is 32.2. The van der Waals surface area contributed by atoms with Crippen molar-refractivity contribution in [3.05, 3.63) is 59.7 Å². The molecule has 32 heavy (non-hydrogen) atoms. The van der Waals surface area contributed by atoms with Crippen LogP contribution in [0.2, 0.25) is 0 Å². The summed E-state index contributed by atoms with van der Waals surface area (Å²) in [6, 6.07) is 15.1. The molecule has 1 saturated heterocycles. The summed E-state index contributed by atoms with van der Waals surface area (Å²) in [7, 11) is -3.52. The number of para-hydroxylation sites is 2. The maximum Gasteiger partial charge on any atom is 0.263 e. The zero-order valence-corrected chi connectivity index (χ0v) is 19.5. The second kappa shape index (κ2) is 9.50. The zero-order valence-electron chi connectivity index (χ0n) is 18.7. The fourth-order valence-electron chi connectivity index (χ4n) is 4.20. The molecule has 4 rings (SSSR count). The number of carbonyl (C=O) groups is 1. The van der Waals surface area contributed by atoms with Crippen LogP contribution in [-0.2, 0) is 27.9 Å². The SMILES string of the molecule is CC1CCN(Cc2ccc(CNC(=O)C3CN(S(C)(=O)=O)c4ccccc4O3)cc2)CC1. The van der Waals surface area contributed by atoms with E-state index in [1.165, 1.54) is 22.7 Å². The number of rotatable bonds is 6. The van der Waals surface area contributed by atoms with E-state index in [2.05, 4.69) is 29.3 Å². The Labute approximate surface area is 190 Å². The van der Waals surface area contributed by atoms with Gasteiger partial charge in [-0.15, -0.1) is 0 Å². The fraction of sp³-hybridized carbons (Fsp3) is 0.458.